The SMILES string of the molecule is C[Si](C)(C)CCOCN1C(=O)C(=O)c2cccc(F)c21. The Kier molecular flexibility index (Phi) is 4.05. The summed E-state index contributed by atoms with van der Waals surface area (Å²) in [5.41, 5.74) is 0.152. The minimum absolute atomic E-state index is 0.0375. The van der Waals surface area contributed by atoms with Crippen LogP contribution in [0.25, 0.3) is 0 Å². The Morgan fingerprint density at radius 1 is 1.25 bits per heavy atom. The van der Waals surface area contributed by atoms with Crippen molar-refractivity contribution in [2.24, 2.45) is 0 Å². The van der Waals surface area contributed by atoms with Crippen molar-refractivity contribution in [1.29, 1.82) is 0 Å². The molecule has 0 bridgehead atoms. The van der Waals surface area contributed by atoms with Crippen LogP contribution in [0.5, 0.6) is 0 Å². The Balaban J connectivity index is 2.07. The average Bonchev–Trinajstić information content (AvgIpc) is 2.60. The lowest BCUT2D eigenvalue weighted by atomic mass is 10.1. The van der Waals surface area contributed by atoms with Gasteiger partial charge in [0.1, 0.15) is 12.5 Å². The van der Waals surface area contributed by atoms with Crippen LogP contribution < -0.4 is 4.90 Å². The third-order valence-corrected chi connectivity index (χ3v) is 4.86. The molecule has 0 fully saturated rings. The van der Waals surface area contributed by atoms with Crippen molar-refractivity contribution in [3.05, 3.63) is 29.6 Å². The van der Waals surface area contributed by atoms with Gasteiger partial charge in [0.2, 0.25) is 0 Å². The number of carbonyl (C=O) groups excluding carboxylic acids is 2. The van der Waals surface area contributed by atoms with Crippen molar-refractivity contribution < 1.29 is 18.7 Å². The van der Waals surface area contributed by atoms with Crippen molar-refractivity contribution in [2.45, 2.75) is 25.7 Å². The summed E-state index contributed by atoms with van der Waals surface area (Å²) in [6, 6.07) is 5.07. The van der Waals surface area contributed by atoms with Gasteiger partial charge in [-0.05, 0) is 18.2 Å². The van der Waals surface area contributed by atoms with Gasteiger partial charge in [-0.3, -0.25) is 14.5 Å². The van der Waals surface area contributed by atoms with E-state index in [-0.39, 0.29) is 18.0 Å². The van der Waals surface area contributed by atoms with Crippen LogP contribution >= 0.6 is 0 Å². The molecule has 4 nitrogen and oxygen atoms in total. The molecule has 0 spiro atoms. The number of hydrogen-bond donors (Lipinski definition) is 0. The highest BCUT2D eigenvalue weighted by atomic mass is 28.3. The number of para-hydroxylation sites is 1. The number of ketones is 1. The second-order valence-corrected chi connectivity index (χ2v) is 11.7. The number of amides is 1. The number of benzene rings is 1. The molecule has 1 aromatic carbocycles. The van der Waals surface area contributed by atoms with E-state index >= 15 is 0 Å². The lowest BCUT2D eigenvalue weighted by Gasteiger charge is -2.19. The number of Topliss-reactive ketones (excluding diaryl/α,β-unsaturated/α-hetero) is 1. The highest BCUT2D eigenvalue weighted by Crippen LogP contribution is 2.31. The molecule has 0 atom stereocenters. The van der Waals surface area contributed by atoms with Crippen LogP contribution in [0.4, 0.5) is 10.1 Å². The Morgan fingerprint density at radius 3 is 2.60 bits per heavy atom. The van der Waals surface area contributed by atoms with Crippen molar-refractivity contribution in [2.75, 3.05) is 18.2 Å². The standard InChI is InChI=1S/C14H18FNO3Si/c1-20(2,3)8-7-19-9-16-12-10(13(17)14(16)18)5-4-6-11(12)15/h4-6H,7-9H2,1-3H3. The molecule has 1 aromatic rings. The third kappa shape index (κ3) is 2.96. The number of halogens is 1. The maximum atomic E-state index is 13.8. The van der Waals surface area contributed by atoms with Crippen LogP contribution in [-0.4, -0.2) is 33.1 Å². The fraction of sp³-hybridized carbons (Fsp3) is 0.429. The number of fused-ring (bicyclic) bond motifs is 1. The molecule has 0 N–H and O–H groups in total. The smallest absolute Gasteiger partial charge is 0.301 e. The highest BCUT2D eigenvalue weighted by molar-refractivity contribution is 6.76. The normalized spacial score (nSPS) is 14.9. The van der Waals surface area contributed by atoms with Crippen LogP contribution in [0.15, 0.2) is 18.2 Å². The van der Waals surface area contributed by atoms with E-state index in [4.69, 9.17) is 4.74 Å². The third-order valence-electron chi connectivity index (χ3n) is 3.16. The number of anilines is 1. The first-order chi connectivity index (χ1) is 9.31. The van der Waals surface area contributed by atoms with E-state index in [1.807, 2.05) is 0 Å². The topological polar surface area (TPSA) is 46.6 Å². The van der Waals surface area contributed by atoms with E-state index < -0.39 is 25.6 Å². The van der Waals surface area contributed by atoms with Gasteiger partial charge in [0.25, 0.3) is 5.78 Å². The number of hydrogen-bond acceptors (Lipinski definition) is 3. The van der Waals surface area contributed by atoms with E-state index in [1.54, 1.807) is 0 Å². The number of ether oxygens (including phenoxy) is 1. The van der Waals surface area contributed by atoms with E-state index in [0.717, 1.165) is 10.9 Å². The molecule has 6 heteroatoms. The predicted octanol–water partition coefficient (Wildman–Crippen LogP) is 2.67. The van der Waals surface area contributed by atoms with Crippen LogP contribution in [0, 0.1) is 5.82 Å². The summed E-state index contributed by atoms with van der Waals surface area (Å²) in [4.78, 5) is 24.7. The van der Waals surface area contributed by atoms with E-state index in [2.05, 4.69) is 19.6 Å². The summed E-state index contributed by atoms with van der Waals surface area (Å²) >= 11 is 0. The minimum Gasteiger partial charge on any atom is -0.361 e. The molecule has 0 saturated carbocycles. The van der Waals surface area contributed by atoms with Gasteiger partial charge in [-0.1, -0.05) is 25.7 Å². The summed E-state index contributed by atoms with van der Waals surface area (Å²) in [6.45, 7) is 7.09. The zero-order valence-corrected chi connectivity index (χ0v) is 12.9. The van der Waals surface area contributed by atoms with Crippen LogP contribution in [0.1, 0.15) is 10.4 Å². The maximum Gasteiger partial charge on any atom is 0.301 e. The summed E-state index contributed by atoms with van der Waals surface area (Å²) < 4.78 is 19.2. The first-order valence-corrected chi connectivity index (χ1v) is 10.2. The fourth-order valence-electron chi connectivity index (χ4n) is 1.97. The molecule has 0 aliphatic carbocycles. The quantitative estimate of drug-likeness (QED) is 0.476. The van der Waals surface area contributed by atoms with Gasteiger partial charge in [-0.25, -0.2) is 4.39 Å². The number of nitrogens with zero attached hydrogens (tertiary/aromatic N) is 1. The summed E-state index contributed by atoms with van der Waals surface area (Å²) in [5.74, 6) is -1.97. The van der Waals surface area contributed by atoms with E-state index in [0.29, 0.717) is 6.61 Å². The lowest BCUT2D eigenvalue weighted by molar-refractivity contribution is -0.115. The molecule has 0 radical (unpaired) electrons. The molecule has 108 valence electrons. The second kappa shape index (κ2) is 5.45. The Bertz CT molecular complexity index is 554. The van der Waals surface area contributed by atoms with Gasteiger partial charge >= 0.3 is 5.91 Å². The molecule has 1 amide bonds. The largest absolute Gasteiger partial charge is 0.361 e. The molecule has 1 aliphatic heterocycles. The van der Waals surface area contributed by atoms with Crippen molar-refractivity contribution in [3.63, 3.8) is 0 Å². The van der Waals surface area contributed by atoms with E-state index in [9.17, 15) is 14.0 Å². The van der Waals surface area contributed by atoms with Crippen LogP contribution in [0.3, 0.4) is 0 Å². The monoisotopic (exact) mass is 295 g/mol. The van der Waals surface area contributed by atoms with Gasteiger partial charge < -0.3 is 4.74 Å². The Labute approximate surface area is 118 Å². The maximum absolute atomic E-state index is 13.8. The highest BCUT2D eigenvalue weighted by Gasteiger charge is 2.37. The van der Waals surface area contributed by atoms with Crippen LogP contribution in [0.2, 0.25) is 25.7 Å². The molecule has 1 heterocycles. The zero-order valence-electron chi connectivity index (χ0n) is 11.9. The minimum atomic E-state index is -1.22. The molecular formula is C14H18FNO3Si. The first kappa shape index (κ1) is 14.9. The molecule has 1 aliphatic rings. The molecule has 0 saturated heterocycles. The zero-order chi connectivity index (χ0) is 14.9. The van der Waals surface area contributed by atoms with Crippen molar-refractivity contribution in [3.8, 4) is 0 Å². The van der Waals surface area contributed by atoms with Gasteiger partial charge in [0.15, 0.2) is 0 Å². The van der Waals surface area contributed by atoms with Crippen molar-refractivity contribution in [1.82, 2.24) is 0 Å². The van der Waals surface area contributed by atoms with Gasteiger partial charge in [0, 0.05) is 14.7 Å². The molecule has 0 unspecified atom stereocenters. The van der Waals surface area contributed by atoms with Crippen LogP contribution in [-0.2, 0) is 9.53 Å². The molecule has 0 aromatic heterocycles. The Morgan fingerprint density at radius 2 is 1.95 bits per heavy atom. The second-order valence-electron chi connectivity index (χ2n) is 6.05. The van der Waals surface area contributed by atoms with E-state index in [1.165, 1.54) is 18.2 Å². The fourth-order valence-corrected chi connectivity index (χ4v) is 2.73. The van der Waals surface area contributed by atoms with Crippen molar-refractivity contribution >= 4 is 25.5 Å². The Hall–Kier alpha value is -1.53. The first-order valence-electron chi connectivity index (χ1n) is 6.54. The van der Waals surface area contributed by atoms with Gasteiger partial charge in [-0.15, -0.1) is 0 Å². The summed E-state index contributed by atoms with van der Waals surface area (Å²) in [6.07, 6.45) is 0. The molecule has 2 rings (SSSR count). The number of rotatable bonds is 5. The van der Waals surface area contributed by atoms with Gasteiger partial charge in [-0.2, -0.15) is 0 Å². The molecular weight excluding hydrogens is 277 g/mol. The average molecular weight is 295 g/mol. The van der Waals surface area contributed by atoms with Gasteiger partial charge in [0.05, 0.1) is 11.3 Å². The summed E-state index contributed by atoms with van der Waals surface area (Å²) in [7, 11) is -1.22. The number of carbonyl (C=O) groups is 2. The summed E-state index contributed by atoms with van der Waals surface area (Å²) in [5, 5.41) is 0. The predicted molar refractivity (Wildman–Crippen MR) is 77.2 cm³/mol. The lowest BCUT2D eigenvalue weighted by Crippen LogP contribution is -2.33. The molecule has 20 heavy (non-hydrogen) atoms.